The molecule has 2 rings (SSSR count). The number of nitrogens with two attached hydrogens (primary N) is 1. The highest BCUT2D eigenvalue weighted by Crippen LogP contribution is 2.34. The molecule has 1 atom stereocenters. The molecule has 1 aromatic rings. The predicted octanol–water partition coefficient (Wildman–Crippen LogP) is 2.74. The average Bonchev–Trinajstić information content (AvgIpc) is 2.29. The van der Waals surface area contributed by atoms with Crippen molar-refractivity contribution in [1.29, 1.82) is 0 Å². The fourth-order valence-electron chi connectivity index (χ4n) is 2.39. The van der Waals surface area contributed by atoms with Gasteiger partial charge in [0.1, 0.15) is 0 Å². The Morgan fingerprint density at radius 1 is 1.44 bits per heavy atom. The van der Waals surface area contributed by atoms with E-state index in [0.717, 1.165) is 17.7 Å². The SMILES string of the molecule is Cc1cc(Cl)ccc1N1CCC(N)C(C)(C)C1=O. The summed E-state index contributed by atoms with van der Waals surface area (Å²) >= 11 is 5.95. The standard InChI is InChI=1S/C14H19ClN2O/c1-9-8-10(15)4-5-11(9)17-7-6-12(16)14(2,3)13(17)18/h4-5,8,12H,6-7,16H2,1-3H3. The molecule has 18 heavy (non-hydrogen) atoms. The lowest BCUT2D eigenvalue weighted by Gasteiger charge is -2.41. The van der Waals surface area contributed by atoms with Crippen LogP contribution in [0.4, 0.5) is 5.69 Å². The maximum Gasteiger partial charge on any atom is 0.234 e. The Morgan fingerprint density at radius 2 is 2.11 bits per heavy atom. The third kappa shape index (κ3) is 2.13. The molecule has 1 saturated heterocycles. The average molecular weight is 267 g/mol. The van der Waals surface area contributed by atoms with E-state index >= 15 is 0 Å². The maximum atomic E-state index is 12.5. The molecule has 0 radical (unpaired) electrons. The van der Waals surface area contributed by atoms with E-state index in [1.165, 1.54) is 0 Å². The number of rotatable bonds is 1. The van der Waals surface area contributed by atoms with Crippen molar-refractivity contribution in [3.63, 3.8) is 0 Å². The van der Waals surface area contributed by atoms with Crippen LogP contribution in [-0.2, 0) is 4.79 Å². The van der Waals surface area contributed by atoms with Gasteiger partial charge >= 0.3 is 0 Å². The molecule has 0 bridgehead atoms. The van der Waals surface area contributed by atoms with Crippen molar-refractivity contribution in [2.45, 2.75) is 33.2 Å². The van der Waals surface area contributed by atoms with E-state index in [1.54, 1.807) is 0 Å². The van der Waals surface area contributed by atoms with Crippen LogP contribution in [0.1, 0.15) is 25.8 Å². The number of benzene rings is 1. The third-order valence-corrected chi connectivity index (χ3v) is 4.07. The molecule has 3 nitrogen and oxygen atoms in total. The number of hydrogen-bond acceptors (Lipinski definition) is 2. The number of anilines is 1. The second-order valence-corrected chi connectivity index (χ2v) is 5.94. The lowest BCUT2D eigenvalue weighted by molar-refractivity contribution is -0.129. The molecule has 4 heteroatoms. The molecule has 1 fully saturated rings. The predicted molar refractivity (Wildman–Crippen MR) is 74.9 cm³/mol. The van der Waals surface area contributed by atoms with Gasteiger partial charge in [-0.25, -0.2) is 0 Å². The normalized spacial score (nSPS) is 23.3. The summed E-state index contributed by atoms with van der Waals surface area (Å²) in [5.41, 5.74) is 7.48. The molecule has 0 aromatic heterocycles. The van der Waals surface area contributed by atoms with Crippen molar-refractivity contribution in [3.8, 4) is 0 Å². The Hall–Kier alpha value is -1.06. The summed E-state index contributed by atoms with van der Waals surface area (Å²) in [6.45, 7) is 6.47. The Bertz CT molecular complexity index is 485. The summed E-state index contributed by atoms with van der Waals surface area (Å²) in [5, 5.41) is 0.691. The van der Waals surface area contributed by atoms with E-state index in [0.29, 0.717) is 11.6 Å². The molecule has 1 unspecified atom stereocenters. The van der Waals surface area contributed by atoms with Gasteiger partial charge in [-0.3, -0.25) is 4.79 Å². The lowest BCUT2D eigenvalue weighted by Crippen LogP contribution is -2.56. The van der Waals surface area contributed by atoms with Gasteiger partial charge in [-0.1, -0.05) is 11.6 Å². The van der Waals surface area contributed by atoms with Crippen molar-refractivity contribution < 1.29 is 4.79 Å². The zero-order valence-electron chi connectivity index (χ0n) is 11.0. The number of nitrogens with zero attached hydrogens (tertiary/aromatic N) is 1. The first-order valence-electron chi connectivity index (χ1n) is 6.17. The highest BCUT2D eigenvalue weighted by molar-refractivity contribution is 6.30. The molecule has 2 N–H and O–H groups in total. The van der Waals surface area contributed by atoms with Crippen LogP contribution < -0.4 is 10.6 Å². The number of hydrogen-bond donors (Lipinski definition) is 1. The van der Waals surface area contributed by atoms with Crippen molar-refractivity contribution in [3.05, 3.63) is 28.8 Å². The van der Waals surface area contributed by atoms with Crippen molar-refractivity contribution in [2.24, 2.45) is 11.1 Å². The van der Waals surface area contributed by atoms with Crippen LogP contribution >= 0.6 is 11.6 Å². The number of amides is 1. The molecular formula is C14H19ClN2O. The molecule has 1 aliphatic rings. The van der Waals surface area contributed by atoms with Crippen LogP contribution in [0.15, 0.2) is 18.2 Å². The fourth-order valence-corrected chi connectivity index (χ4v) is 2.62. The molecule has 0 spiro atoms. The van der Waals surface area contributed by atoms with Gasteiger partial charge in [-0.05, 0) is 51.0 Å². The minimum absolute atomic E-state index is 0.0751. The van der Waals surface area contributed by atoms with Crippen molar-refractivity contribution in [2.75, 3.05) is 11.4 Å². The maximum absolute atomic E-state index is 12.5. The highest BCUT2D eigenvalue weighted by atomic mass is 35.5. The quantitative estimate of drug-likeness (QED) is 0.850. The zero-order chi connectivity index (χ0) is 13.5. The molecule has 1 aliphatic heterocycles. The first-order chi connectivity index (χ1) is 8.34. The molecule has 98 valence electrons. The molecule has 1 amide bonds. The van der Waals surface area contributed by atoms with Crippen LogP contribution in [0.25, 0.3) is 0 Å². The van der Waals surface area contributed by atoms with Gasteiger partial charge in [0, 0.05) is 23.3 Å². The second-order valence-electron chi connectivity index (χ2n) is 5.50. The van der Waals surface area contributed by atoms with Gasteiger partial charge in [0.15, 0.2) is 0 Å². The van der Waals surface area contributed by atoms with Crippen LogP contribution in [0.3, 0.4) is 0 Å². The minimum Gasteiger partial charge on any atom is -0.327 e. The Labute approximate surface area is 113 Å². The molecular weight excluding hydrogens is 248 g/mol. The Morgan fingerprint density at radius 3 is 2.72 bits per heavy atom. The zero-order valence-corrected chi connectivity index (χ0v) is 11.8. The van der Waals surface area contributed by atoms with Gasteiger partial charge in [0.2, 0.25) is 5.91 Å². The van der Waals surface area contributed by atoms with Crippen LogP contribution in [0.5, 0.6) is 0 Å². The van der Waals surface area contributed by atoms with E-state index in [2.05, 4.69) is 0 Å². The molecule has 0 saturated carbocycles. The number of carbonyl (C=O) groups is 1. The first-order valence-corrected chi connectivity index (χ1v) is 6.55. The summed E-state index contributed by atoms with van der Waals surface area (Å²) in [7, 11) is 0. The second kappa shape index (κ2) is 4.56. The van der Waals surface area contributed by atoms with Crippen LogP contribution in [0.2, 0.25) is 5.02 Å². The van der Waals surface area contributed by atoms with Gasteiger partial charge in [-0.15, -0.1) is 0 Å². The van der Waals surface area contributed by atoms with Gasteiger partial charge in [0.05, 0.1) is 5.41 Å². The number of halogens is 1. The summed E-state index contributed by atoms with van der Waals surface area (Å²) in [6.07, 6.45) is 0.820. The summed E-state index contributed by atoms with van der Waals surface area (Å²) in [6, 6.07) is 5.53. The summed E-state index contributed by atoms with van der Waals surface area (Å²) in [5.74, 6) is 0.0895. The molecule has 0 aliphatic carbocycles. The van der Waals surface area contributed by atoms with E-state index in [4.69, 9.17) is 17.3 Å². The fraction of sp³-hybridized carbons (Fsp3) is 0.500. The van der Waals surface area contributed by atoms with Crippen LogP contribution in [0, 0.1) is 12.3 Å². The number of carbonyl (C=O) groups excluding carboxylic acids is 1. The third-order valence-electron chi connectivity index (χ3n) is 3.84. The van der Waals surface area contributed by atoms with Gasteiger partial charge < -0.3 is 10.6 Å². The van der Waals surface area contributed by atoms with Crippen molar-refractivity contribution >= 4 is 23.2 Å². The minimum atomic E-state index is -0.510. The molecule has 1 aromatic carbocycles. The monoisotopic (exact) mass is 266 g/mol. The van der Waals surface area contributed by atoms with E-state index < -0.39 is 5.41 Å². The van der Waals surface area contributed by atoms with E-state index in [1.807, 2.05) is 43.9 Å². The summed E-state index contributed by atoms with van der Waals surface area (Å²) < 4.78 is 0. The number of aryl methyl sites for hydroxylation is 1. The lowest BCUT2D eigenvalue weighted by atomic mass is 9.78. The smallest absolute Gasteiger partial charge is 0.234 e. The first kappa shape index (κ1) is 13.4. The largest absolute Gasteiger partial charge is 0.327 e. The van der Waals surface area contributed by atoms with Gasteiger partial charge in [-0.2, -0.15) is 0 Å². The van der Waals surface area contributed by atoms with E-state index in [-0.39, 0.29) is 11.9 Å². The molecule has 1 heterocycles. The Balaban J connectivity index is 2.37. The highest BCUT2D eigenvalue weighted by Gasteiger charge is 2.42. The van der Waals surface area contributed by atoms with Crippen LogP contribution in [-0.4, -0.2) is 18.5 Å². The Kier molecular flexibility index (Phi) is 3.39. The summed E-state index contributed by atoms with van der Waals surface area (Å²) in [4.78, 5) is 14.3. The van der Waals surface area contributed by atoms with E-state index in [9.17, 15) is 4.79 Å². The van der Waals surface area contributed by atoms with Gasteiger partial charge in [0.25, 0.3) is 0 Å². The van der Waals surface area contributed by atoms with Crippen molar-refractivity contribution in [1.82, 2.24) is 0 Å². The number of piperidine rings is 1. The topological polar surface area (TPSA) is 46.3 Å².